The molecule has 9 nitrogen and oxygen atoms in total. The highest BCUT2D eigenvalue weighted by atomic mass is 19.3. The van der Waals surface area contributed by atoms with Gasteiger partial charge >= 0.3 is 6.03 Å². The van der Waals surface area contributed by atoms with Crippen LogP contribution in [-0.2, 0) is 4.79 Å². The van der Waals surface area contributed by atoms with Crippen molar-refractivity contribution in [3.8, 4) is 0 Å². The maximum Gasteiger partial charge on any atom is 0.321 e. The first-order chi connectivity index (χ1) is 16.7. The fourth-order valence-electron chi connectivity index (χ4n) is 4.82. The third-order valence-corrected chi connectivity index (χ3v) is 6.76. The van der Waals surface area contributed by atoms with Gasteiger partial charge in [0.2, 0.25) is 11.9 Å². The van der Waals surface area contributed by atoms with Gasteiger partial charge in [-0.3, -0.25) is 14.9 Å². The molecule has 2 aromatic heterocycles. The maximum absolute atomic E-state index is 14.4. The minimum absolute atomic E-state index is 0.0158. The van der Waals surface area contributed by atoms with Gasteiger partial charge in [0.25, 0.3) is 11.8 Å². The van der Waals surface area contributed by atoms with Crippen molar-refractivity contribution in [3.63, 3.8) is 0 Å². The zero-order valence-corrected chi connectivity index (χ0v) is 18.2. The van der Waals surface area contributed by atoms with Crippen LogP contribution in [0.2, 0.25) is 0 Å². The van der Waals surface area contributed by atoms with Crippen molar-refractivity contribution in [2.45, 2.75) is 30.1 Å². The minimum Gasteiger partial charge on any atom is -0.337 e. The summed E-state index contributed by atoms with van der Waals surface area (Å²) in [7, 11) is 0. The number of carbonyl (C=O) groups is 3. The first kappa shape index (κ1) is 21.6. The maximum atomic E-state index is 14.4. The number of hydrogen-bond donors (Lipinski definition) is 2. The normalized spacial score (nSPS) is 25.1. The van der Waals surface area contributed by atoms with E-state index in [0.29, 0.717) is 16.9 Å². The van der Waals surface area contributed by atoms with Crippen LogP contribution in [0.15, 0.2) is 36.5 Å². The topological polar surface area (TPSA) is 109 Å². The van der Waals surface area contributed by atoms with Crippen LogP contribution in [0, 0.1) is 5.95 Å². The zero-order valence-electron chi connectivity index (χ0n) is 18.2. The van der Waals surface area contributed by atoms with Gasteiger partial charge in [-0.15, -0.1) is 0 Å². The van der Waals surface area contributed by atoms with Crippen LogP contribution in [0.25, 0.3) is 5.65 Å². The summed E-state index contributed by atoms with van der Waals surface area (Å²) < 4.78 is 41.6. The molecule has 6 rings (SSSR count). The first-order valence-electron chi connectivity index (χ1n) is 11.1. The number of nitrogens with zero attached hydrogens (tertiary/aromatic N) is 4. The number of likely N-dealkylation sites (tertiary alicyclic amines) is 1. The van der Waals surface area contributed by atoms with Gasteiger partial charge in [0.05, 0.1) is 30.9 Å². The smallest absolute Gasteiger partial charge is 0.321 e. The number of benzene rings is 1. The molecular formula is C23H19F3N6O3. The average Bonchev–Trinajstić information content (AvgIpc) is 3.52. The van der Waals surface area contributed by atoms with Gasteiger partial charge in [0.1, 0.15) is 0 Å². The highest BCUT2D eigenvalue weighted by Crippen LogP contribution is 2.55. The summed E-state index contributed by atoms with van der Waals surface area (Å²) in [5.41, 5.74) is 2.70. The molecule has 1 unspecified atom stereocenters. The summed E-state index contributed by atoms with van der Waals surface area (Å²) in [5, 5.41) is 8.99. The Hall–Kier alpha value is -3.96. The molecule has 1 aromatic carbocycles. The van der Waals surface area contributed by atoms with Crippen molar-refractivity contribution in [3.05, 3.63) is 64.9 Å². The molecule has 2 saturated heterocycles. The van der Waals surface area contributed by atoms with Gasteiger partial charge in [-0.2, -0.15) is 14.0 Å². The predicted octanol–water partition coefficient (Wildman–Crippen LogP) is 2.15. The molecule has 0 bridgehead atoms. The lowest BCUT2D eigenvalue weighted by Gasteiger charge is -2.38. The Bertz CT molecular complexity index is 1380. The quantitative estimate of drug-likeness (QED) is 0.590. The number of urea groups is 1. The lowest BCUT2D eigenvalue weighted by Crippen LogP contribution is -2.58. The summed E-state index contributed by atoms with van der Waals surface area (Å²) in [6, 6.07) is 7.99. The second kappa shape index (κ2) is 7.52. The fraction of sp³-hybridized carbons (Fsp3) is 0.348. The van der Waals surface area contributed by atoms with E-state index in [1.165, 1.54) is 0 Å². The molecule has 3 atom stereocenters. The van der Waals surface area contributed by atoms with E-state index in [9.17, 15) is 27.6 Å². The number of hydrogen-bond acceptors (Lipinski definition) is 5. The monoisotopic (exact) mass is 484 g/mol. The molecule has 3 aromatic rings. The van der Waals surface area contributed by atoms with Gasteiger partial charge < -0.3 is 10.2 Å². The van der Waals surface area contributed by atoms with Gasteiger partial charge in [0.15, 0.2) is 5.65 Å². The van der Waals surface area contributed by atoms with Crippen molar-refractivity contribution in [1.82, 2.24) is 30.1 Å². The Morgan fingerprint density at radius 1 is 1.11 bits per heavy atom. The molecule has 4 amide bonds. The number of nitrogens with one attached hydrogen (secondary N) is 2. The Kier molecular flexibility index (Phi) is 4.63. The highest BCUT2D eigenvalue weighted by molar-refractivity contribution is 6.00. The van der Waals surface area contributed by atoms with Crippen LogP contribution < -0.4 is 10.6 Å². The van der Waals surface area contributed by atoms with Crippen LogP contribution in [0.4, 0.5) is 18.0 Å². The summed E-state index contributed by atoms with van der Waals surface area (Å²) in [5.74, 6) is -5.14. The second-order valence-corrected chi connectivity index (χ2v) is 9.18. The fourth-order valence-corrected chi connectivity index (χ4v) is 4.82. The van der Waals surface area contributed by atoms with Gasteiger partial charge in [-0.1, -0.05) is 12.1 Å². The molecule has 3 aliphatic rings. The van der Waals surface area contributed by atoms with Crippen molar-refractivity contribution in [1.29, 1.82) is 0 Å². The molecule has 1 saturated carbocycles. The predicted molar refractivity (Wildman–Crippen MR) is 115 cm³/mol. The second-order valence-electron chi connectivity index (χ2n) is 9.18. The van der Waals surface area contributed by atoms with Gasteiger partial charge in [-0.25, -0.2) is 18.6 Å². The summed E-state index contributed by atoms with van der Waals surface area (Å²) >= 11 is 0. The summed E-state index contributed by atoms with van der Waals surface area (Å²) in [4.78, 5) is 41.4. The number of alkyl halides is 2. The van der Waals surface area contributed by atoms with Crippen molar-refractivity contribution >= 4 is 23.5 Å². The van der Waals surface area contributed by atoms with Gasteiger partial charge in [-0.05, 0) is 42.0 Å². The average molecular weight is 484 g/mol. The molecule has 2 aliphatic heterocycles. The number of halogens is 3. The SMILES string of the molecule is O=C1NCC(c2cc([C@H]3C[C@@H]3c3ccc(C(=O)N4CC(F)(F)C4)cc3)c3ncc(F)n3n2)C(=O)N1. The van der Waals surface area contributed by atoms with E-state index in [4.69, 9.17) is 0 Å². The Labute approximate surface area is 196 Å². The lowest BCUT2D eigenvalue weighted by molar-refractivity contribution is -0.122. The largest absolute Gasteiger partial charge is 0.337 e. The third kappa shape index (κ3) is 3.69. The lowest BCUT2D eigenvalue weighted by atomic mass is 9.98. The van der Waals surface area contributed by atoms with Crippen LogP contribution >= 0.6 is 0 Å². The standard InChI is InChI=1S/C23H19F3N6O3/c24-18-8-27-19-15(6-17(30-32(18)19)16-7-28-22(35)29-20(16)33)14-5-13(14)11-1-3-12(4-2-11)21(34)31-9-23(25,26)10-31/h1-4,6,8,13-14,16H,5,7,9-10H2,(H2,28,29,33,35)/t13-,14+,16?/m1/s1. The molecule has 4 heterocycles. The van der Waals surface area contributed by atoms with Crippen LogP contribution in [-0.4, -0.2) is 62.9 Å². The van der Waals surface area contributed by atoms with E-state index < -0.39 is 48.7 Å². The van der Waals surface area contributed by atoms with Gasteiger partial charge in [0, 0.05) is 17.7 Å². The Morgan fingerprint density at radius 2 is 1.86 bits per heavy atom. The summed E-state index contributed by atoms with van der Waals surface area (Å²) in [6.07, 6.45) is 1.81. The molecule has 3 fully saturated rings. The minimum atomic E-state index is -2.82. The number of amides is 4. The van der Waals surface area contributed by atoms with E-state index in [1.54, 1.807) is 30.3 Å². The Morgan fingerprint density at radius 3 is 2.54 bits per heavy atom. The van der Waals surface area contributed by atoms with E-state index in [-0.39, 0.29) is 18.4 Å². The van der Waals surface area contributed by atoms with Crippen LogP contribution in [0.5, 0.6) is 0 Å². The number of aromatic nitrogens is 3. The van der Waals surface area contributed by atoms with Crippen molar-refractivity contribution < 1.29 is 27.6 Å². The zero-order chi connectivity index (χ0) is 24.5. The Balaban J connectivity index is 1.25. The first-order valence-corrected chi connectivity index (χ1v) is 11.1. The van der Waals surface area contributed by atoms with Crippen molar-refractivity contribution in [2.75, 3.05) is 19.6 Å². The van der Waals surface area contributed by atoms with Crippen LogP contribution in [0.3, 0.4) is 0 Å². The molecule has 35 heavy (non-hydrogen) atoms. The number of imidazole rings is 1. The highest BCUT2D eigenvalue weighted by Gasteiger charge is 2.46. The number of imide groups is 1. The van der Waals surface area contributed by atoms with E-state index in [2.05, 4.69) is 20.7 Å². The number of rotatable bonds is 4. The molecule has 0 spiro atoms. The van der Waals surface area contributed by atoms with E-state index in [1.807, 2.05) is 0 Å². The van der Waals surface area contributed by atoms with E-state index >= 15 is 0 Å². The summed E-state index contributed by atoms with van der Waals surface area (Å²) in [6.45, 7) is -1.09. The molecule has 180 valence electrons. The van der Waals surface area contributed by atoms with Crippen molar-refractivity contribution in [2.24, 2.45) is 0 Å². The number of carbonyl (C=O) groups excluding carboxylic acids is 3. The molecule has 1 aliphatic carbocycles. The molecule has 12 heteroatoms. The van der Waals surface area contributed by atoms with Crippen LogP contribution in [0.1, 0.15) is 51.4 Å². The van der Waals surface area contributed by atoms with E-state index in [0.717, 1.165) is 33.2 Å². The number of fused-ring (bicyclic) bond motifs is 1. The molecule has 0 radical (unpaired) electrons. The molecular weight excluding hydrogens is 465 g/mol. The third-order valence-electron chi connectivity index (χ3n) is 6.76. The molecule has 2 N–H and O–H groups in total.